The van der Waals surface area contributed by atoms with Crippen molar-refractivity contribution < 1.29 is 13.2 Å². The summed E-state index contributed by atoms with van der Waals surface area (Å²) >= 11 is 0. The van der Waals surface area contributed by atoms with Crippen LogP contribution in [-0.4, -0.2) is 19.6 Å². The van der Waals surface area contributed by atoms with Gasteiger partial charge in [-0.1, -0.05) is 12.1 Å². The first kappa shape index (κ1) is 17.8. The number of rotatable bonds is 3. The Morgan fingerprint density at radius 1 is 1.00 bits per heavy atom. The Morgan fingerprint density at radius 2 is 1.70 bits per heavy atom. The van der Waals surface area contributed by atoms with E-state index in [9.17, 15) is 13.2 Å². The van der Waals surface area contributed by atoms with Crippen LogP contribution in [0.3, 0.4) is 0 Å². The van der Waals surface area contributed by atoms with Crippen LogP contribution >= 0.6 is 0 Å². The SMILES string of the molecule is Cc1cn(Cc2ccc(-n3nc(C(F)(F)F)c4c3CCCC4)cc2)nc1C. The maximum Gasteiger partial charge on any atom is 0.435 e. The minimum atomic E-state index is -4.41. The monoisotopic (exact) mass is 374 g/mol. The summed E-state index contributed by atoms with van der Waals surface area (Å²) in [6, 6.07) is 7.51. The molecule has 0 fully saturated rings. The number of hydrogen-bond donors (Lipinski definition) is 0. The van der Waals surface area contributed by atoms with Crippen molar-refractivity contribution in [2.24, 2.45) is 0 Å². The number of nitrogens with zero attached hydrogens (tertiary/aromatic N) is 4. The lowest BCUT2D eigenvalue weighted by Crippen LogP contribution is -2.11. The van der Waals surface area contributed by atoms with Gasteiger partial charge in [0, 0.05) is 17.5 Å². The number of benzene rings is 1. The van der Waals surface area contributed by atoms with Crippen LogP contribution in [0.2, 0.25) is 0 Å². The standard InChI is InChI=1S/C20H21F3N4/c1-13-11-26(24-14(13)2)12-15-7-9-16(10-8-15)27-18-6-4-3-5-17(18)19(25-27)20(21,22)23/h7-11H,3-6,12H2,1-2H3. The fourth-order valence-corrected chi connectivity index (χ4v) is 3.67. The van der Waals surface area contributed by atoms with Crippen LogP contribution in [0, 0.1) is 13.8 Å². The molecule has 0 radical (unpaired) electrons. The smallest absolute Gasteiger partial charge is 0.268 e. The van der Waals surface area contributed by atoms with E-state index in [2.05, 4.69) is 10.2 Å². The van der Waals surface area contributed by atoms with E-state index in [4.69, 9.17) is 0 Å². The topological polar surface area (TPSA) is 35.6 Å². The van der Waals surface area contributed by atoms with E-state index in [1.54, 1.807) is 0 Å². The van der Waals surface area contributed by atoms with Gasteiger partial charge in [-0.3, -0.25) is 4.68 Å². The van der Waals surface area contributed by atoms with Crippen molar-refractivity contribution in [1.29, 1.82) is 0 Å². The summed E-state index contributed by atoms with van der Waals surface area (Å²) in [6.45, 7) is 4.61. The molecule has 27 heavy (non-hydrogen) atoms. The molecule has 0 unspecified atom stereocenters. The fraction of sp³-hybridized carbons (Fsp3) is 0.400. The molecule has 1 aliphatic rings. The zero-order chi connectivity index (χ0) is 19.2. The van der Waals surface area contributed by atoms with Gasteiger partial charge in [0.1, 0.15) is 0 Å². The lowest BCUT2D eigenvalue weighted by molar-refractivity contribution is -0.142. The van der Waals surface area contributed by atoms with Gasteiger partial charge in [-0.15, -0.1) is 0 Å². The highest BCUT2D eigenvalue weighted by Crippen LogP contribution is 2.36. The second-order valence-corrected chi connectivity index (χ2v) is 7.15. The first-order valence-electron chi connectivity index (χ1n) is 9.11. The Kier molecular flexibility index (Phi) is 4.32. The van der Waals surface area contributed by atoms with Crippen LogP contribution in [-0.2, 0) is 25.6 Å². The van der Waals surface area contributed by atoms with E-state index in [0.29, 0.717) is 36.3 Å². The molecule has 2 aromatic heterocycles. The average molecular weight is 374 g/mol. The fourth-order valence-electron chi connectivity index (χ4n) is 3.67. The molecule has 0 N–H and O–H groups in total. The van der Waals surface area contributed by atoms with Crippen molar-refractivity contribution in [3.63, 3.8) is 0 Å². The molecule has 0 spiro atoms. The Hall–Kier alpha value is -2.57. The molecular weight excluding hydrogens is 353 g/mol. The van der Waals surface area contributed by atoms with Gasteiger partial charge < -0.3 is 0 Å². The van der Waals surface area contributed by atoms with Gasteiger partial charge in [0.25, 0.3) is 0 Å². The molecule has 0 aliphatic heterocycles. The van der Waals surface area contributed by atoms with Gasteiger partial charge >= 0.3 is 6.18 Å². The zero-order valence-electron chi connectivity index (χ0n) is 15.3. The van der Waals surface area contributed by atoms with Crippen LogP contribution in [0.4, 0.5) is 13.2 Å². The van der Waals surface area contributed by atoms with Crippen molar-refractivity contribution >= 4 is 0 Å². The summed E-state index contributed by atoms with van der Waals surface area (Å²) in [5.41, 5.74) is 4.16. The molecule has 1 aliphatic carbocycles. The van der Waals surface area contributed by atoms with E-state index >= 15 is 0 Å². The van der Waals surface area contributed by atoms with Crippen molar-refractivity contribution in [2.75, 3.05) is 0 Å². The highest BCUT2D eigenvalue weighted by molar-refractivity contribution is 5.41. The van der Waals surface area contributed by atoms with Crippen LogP contribution in [0.5, 0.6) is 0 Å². The second-order valence-electron chi connectivity index (χ2n) is 7.15. The van der Waals surface area contributed by atoms with Crippen LogP contribution in [0.1, 0.15) is 46.6 Å². The minimum absolute atomic E-state index is 0.361. The van der Waals surface area contributed by atoms with Gasteiger partial charge in [0.15, 0.2) is 5.69 Å². The summed E-state index contributed by atoms with van der Waals surface area (Å²) in [6.07, 6.45) is 0.326. The van der Waals surface area contributed by atoms with E-state index in [-0.39, 0.29) is 0 Å². The Morgan fingerprint density at radius 3 is 2.33 bits per heavy atom. The highest BCUT2D eigenvalue weighted by Gasteiger charge is 2.39. The minimum Gasteiger partial charge on any atom is -0.268 e. The van der Waals surface area contributed by atoms with Crippen molar-refractivity contribution in [2.45, 2.75) is 52.3 Å². The number of fused-ring (bicyclic) bond motifs is 1. The lowest BCUT2D eigenvalue weighted by Gasteiger charge is -2.15. The van der Waals surface area contributed by atoms with Gasteiger partial charge in [0.05, 0.1) is 17.9 Å². The van der Waals surface area contributed by atoms with Crippen molar-refractivity contribution in [3.05, 3.63) is 64.2 Å². The molecule has 3 aromatic rings. The number of alkyl halides is 3. The summed E-state index contributed by atoms with van der Waals surface area (Å²) < 4.78 is 43.4. The van der Waals surface area contributed by atoms with Gasteiger partial charge in [-0.25, -0.2) is 4.68 Å². The molecule has 4 rings (SSSR count). The largest absolute Gasteiger partial charge is 0.435 e. The summed E-state index contributed by atoms with van der Waals surface area (Å²) in [7, 11) is 0. The molecule has 142 valence electrons. The Bertz CT molecular complexity index is 945. The maximum atomic E-state index is 13.4. The van der Waals surface area contributed by atoms with Crippen molar-refractivity contribution in [1.82, 2.24) is 19.6 Å². The molecule has 0 amide bonds. The van der Waals surface area contributed by atoms with Crippen LogP contribution < -0.4 is 0 Å². The van der Waals surface area contributed by atoms with E-state index in [1.165, 1.54) is 4.68 Å². The molecule has 0 bridgehead atoms. The summed E-state index contributed by atoms with van der Waals surface area (Å²) in [5.74, 6) is 0. The number of halogens is 3. The summed E-state index contributed by atoms with van der Waals surface area (Å²) in [4.78, 5) is 0. The van der Waals surface area contributed by atoms with E-state index in [1.807, 2.05) is 49.0 Å². The quantitative estimate of drug-likeness (QED) is 0.670. The first-order chi connectivity index (χ1) is 12.8. The maximum absolute atomic E-state index is 13.4. The third-order valence-electron chi connectivity index (χ3n) is 5.17. The number of aromatic nitrogens is 4. The third-order valence-corrected chi connectivity index (χ3v) is 5.17. The second kappa shape index (κ2) is 6.55. The molecule has 4 nitrogen and oxygen atoms in total. The predicted octanol–water partition coefficient (Wildman–Crippen LogP) is 4.63. The molecule has 0 atom stereocenters. The molecule has 2 heterocycles. The molecule has 7 heteroatoms. The Balaban J connectivity index is 1.65. The molecule has 0 saturated heterocycles. The normalized spacial score (nSPS) is 14.4. The zero-order valence-corrected chi connectivity index (χ0v) is 15.3. The molecule has 0 saturated carbocycles. The average Bonchev–Trinajstić information content (AvgIpc) is 3.16. The van der Waals surface area contributed by atoms with E-state index in [0.717, 1.165) is 29.7 Å². The van der Waals surface area contributed by atoms with Gasteiger partial charge in [-0.2, -0.15) is 23.4 Å². The lowest BCUT2D eigenvalue weighted by atomic mass is 9.95. The molecular formula is C20H21F3N4. The van der Waals surface area contributed by atoms with Crippen LogP contribution in [0.25, 0.3) is 5.69 Å². The highest BCUT2D eigenvalue weighted by atomic mass is 19.4. The van der Waals surface area contributed by atoms with E-state index < -0.39 is 11.9 Å². The molecule has 1 aromatic carbocycles. The van der Waals surface area contributed by atoms with Crippen LogP contribution in [0.15, 0.2) is 30.5 Å². The predicted molar refractivity (Wildman–Crippen MR) is 96.0 cm³/mol. The summed E-state index contributed by atoms with van der Waals surface area (Å²) in [5, 5.41) is 8.38. The Labute approximate surface area is 155 Å². The number of hydrogen-bond acceptors (Lipinski definition) is 2. The van der Waals surface area contributed by atoms with Gasteiger partial charge in [0.2, 0.25) is 0 Å². The number of aryl methyl sites for hydroxylation is 2. The van der Waals surface area contributed by atoms with Crippen molar-refractivity contribution in [3.8, 4) is 5.69 Å². The first-order valence-corrected chi connectivity index (χ1v) is 9.11. The third kappa shape index (κ3) is 3.38. The van der Waals surface area contributed by atoms with Gasteiger partial charge in [-0.05, 0) is 62.8 Å².